The number of halogens is 3. The lowest BCUT2D eigenvalue weighted by Crippen LogP contribution is -2.47. The second-order valence-corrected chi connectivity index (χ2v) is 5.28. The van der Waals surface area contributed by atoms with Crippen LogP contribution in [-0.4, -0.2) is 24.7 Å². The van der Waals surface area contributed by atoms with Gasteiger partial charge in [0.2, 0.25) is 0 Å². The van der Waals surface area contributed by atoms with Gasteiger partial charge in [-0.2, -0.15) is 13.2 Å². The fourth-order valence-electron chi connectivity index (χ4n) is 2.38. The Morgan fingerprint density at radius 1 is 1.18 bits per heavy atom. The Bertz CT molecular complexity index is 514. The molecule has 1 aliphatic rings. The van der Waals surface area contributed by atoms with Crippen LogP contribution in [0.15, 0.2) is 42.5 Å². The standard InChI is InChI=1S/C16H18F3NO2/c17-16(18,19)15(21)20-14-9-5-4-8-13(14)11-22-10-12-6-2-1-3-7-12/h1-7,13-14H,8-11H2,(H,20,21)/t13-,14-/m1/s1. The van der Waals surface area contributed by atoms with E-state index in [1.807, 2.05) is 36.4 Å². The summed E-state index contributed by atoms with van der Waals surface area (Å²) in [4.78, 5) is 11.1. The summed E-state index contributed by atoms with van der Waals surface area (Å²) in [6, 6.07) is 8.99. The molecule has 1 amide bonds. The number of allylic oxidation sites excluding steroid dienone is 1. The van der Waals surface area contributed by atoms with E-state index in [1.54, 1.807) is 6.08 Å². The fourth-order valence-corrected chi connectivity index (χ4v) is 2.38. The van der Waals surface area contributed by atoms with Crippen LogP contribution in [0.1, 0.15) is 18.4 Å². The number of amides is 1. The van der Waals surface area contributed by atoms with Gasteiger partial charge in [0.15, 0.2) is 0 Å². The molecule has 1 aliphatic carbocycles. The number of rotatable bonds is 5. The molecule has 120 valence electrons. The van der Waals surface area contributed by atoms with Crippen LogP contribution in [0.2, 0.25) is 0 Å². The average Bonchev–Trinajstić information content (AvgIpc) is 2.49. The highest BCUT2D eigenvalue weighted by Gasteiger charge is 2.40. The summed E-state index contributed by atoms with van der Waals surface area (Å²) in [6.07, 6.45) is -0.169. The van der Waals surface area contributed by atoms with Crippen molar-refractivity contribution in [2.24, 2.45) is 5.92 Å². The smallest absolute Gasteiger partial charge is 0.376 e. The van der Waals surface area contributed by atoms with Crippen LogP contribution in [-0.2, 0) is 16.1 Å². The van der Waals surface area contributed by atoms with Gasteiger partial charge in [-0.05, 0) is 18.4 Å². The number of nitrogens with one attached hydrogen (secondary N) is 1. The number of benzene rings is 1. The van der Waals surface area contributed by atoms with Gasteiger partial charge in [-0.25, -0.2) is 0 Å². The van der Waals surface area contributed by atoms with E-state index in [1.165, 1.54) is 0 Å². The quantitative estimate of drug-likeness (QED) is 0.848. The molecule has 2 rings (SSSR count). The first-order valence-electron chi connectivity index (χ1n) is 7.11. The normalized spacial score (nSPS) is 21.6. The van der Waals surface area contributed by atoms with Crippen LogP contribution in [0.4, 0.5) is 13.2 Å². The zero-order valence-corrected chi connectivity index (χ0v) is 12.0. The first-order chi connectivity index (χ1) is 10.5. The maximum absolute atomic E-state index is 12.3. The van der Waals surface area contributed by atoms with Crippen molar-refractivity contribution in [3.05, 3.63) is 48.0 Å². The van der Waals surface area contributed by atoms with Crippen molar-refractivity contribution < 1.29 is 22.7 Å². The van der Waals surface area contributed by atoms with Gasteiger partial charge in [-0.3, -0.25) is 4.79 Å². The summed E-state index contributed by atoms with van der Waals surface area (Å²) in [5.74, 6) is -2.04. The fraction of sp³-hybridized carbons (Fsp3) is 0.438. The Kier molecular flexibility index (Phi) is 5.60. The van der Waals surface area contributed by atoms with E-state index in [0.717, 1.165) is 5.56 Å². The van der Waals surface area contributed by atoms with Crippen molar-refractivity contribution in [3.8, 4) is 0 Å². The van der Waals surface area contributed by atoms with Crippen molar-refractivity contribution in [1.29, 1.82) is 0 Å². The molecular formula is C16H18F3NO2. The maximum Gasteiger partial charge on any atom is 0.471 e. The van der Waals surface area contributed by atoms with Gasteiger partial charge < -0.3 is 10.1 Å². The molecule has 1 aromatic rings. The van der Waals surface area contributed by atoms with Crippen molar-refractivity contribution in [3.63, 3.8) is 0 Å². The highest BCUT2D eigenvalue weighted by atomic mass is 19.4. The van der Waals surface area contributed by atoms with Crippen LogP contribution in [0, 0.1) is 5.92 Å². The minimum atomic E-state index is -4.85. The molecule has 0 heterocycles. The van der Waals surface area contributed by atoms with Crippen molar-refractivity contribution >= 4 is 5.91 Å². The molecule has 1 aromatic carbocycles. The monoisotopic (exact) mass is 313 g/mol. The van der Waals surface area contributed by atoms with Crippen LogP contribution < -0.4 is 5.32 Å². The number of alkyl halides is 3. The largest absolute Gasteiger partial charge is 0.471 e. The Hall–Kier alpha value is -1.82. The lowest BCUT2D eigenvalue weighted by atomic mass is 9.89. The third kappa shape index (κ3) is 4.87. The maximum atomic E-state index is 12.3. The second-order valence-electron chi connectivity index (χ2n) is 5.28. The van der Waals surface area contributed by atoms with E-state index >= 15 is 0 Å². The summed E-state index contributed by atoms with van der Waals surface area (Å²) in [5, 5.41) is 2.06. The first-order valence-corrected chi connectivity index (χ1v) is 7.11. The van der Waals surface area contributed by atoms with Crippen LogP contribution in [0.25, 0.3) is 0 Å². The predicted octanol–water partition coefficient (Wildman–Crippen LogP) is 3.22. The van der Waals surface area contributed by atoms with E-state index in [0.29, 0.717) is 26.1 Å². The van der Waals surface area contributed by atoms with Crippen LogP contribution in [0.3, 0.4) is 0 Å². The van der Waals surface area contributed by atoms with Gasteiger partial charge in [0, 0.05) is 12.0 Å². The van der Waals surface area contributed by atoms with Gasteiger partial charge in [-0.1, -0.05) is 42.5 Å². The van der Waals surface area contributed by atoms with E-state index in [9.17, 15) is 18.0 Å². The van der Waals surface area contributed by atoms with Gasteiger partial charge in [0.1, 0.15) is 0 Å². The number of hydrogen-bond donors (Lipinski definition) is 1. The molecule has 0 spiro atoms. The van der Waals surface area contributed by atoms with E-state index < -0.39 is 18.1 Å². The summed E-state index contributed by atoms with van der Waals surface area (Å²) in [7, 11) is 0. The molecule has 22 heavy (non-hydrogen) atoms. The Labute approximate surface area is 127 Å². The minimum Gasteiger partial charge on any atom is -0.376 e. The van der Waals surface area contributed by atoms with E-state index in [-0.39, 0.29) is 5.92 Å². The summed E-state index contributed by atoms with van der Waals surface area (Å²) >= 11 is 0. The third-order valence-electron chi connectivity index (χ3n) is 3.58. The summed E-state index contributed by atoms with van der Waals surface area (Å²) < 4.78 is 42.6. The van der Waals surface area contributed by atoms with Gasteiger partial charge in [-0.15, -0.1) is 0 Å². The SMILES string of the molecule is O=C(N[C@@H]1CC=CC[C@@H]1COCc1ccccc1)C(F)(F)F. The molecule has 0 fully saturated rings. The van der Waals surface area contributed by atoms with Crippen LogP contribution >= 0.6 is 0 Å². The second kappa shape index (κ2) is 7.45. The topological polar surface area (TPSA) is 38.3 Å². The third-order valence-corrected chi connectivity index (χ3v) is 3.58. The lowest BCUT2D eigenvalue weighted by molar-refractivity contribution is -0.174. The van der Waals surface area contributed by atoms with Gasteiger partial charge in [0.25, 0.3) is 0 Å². The average molecular weight is 313 g/mol. The summed E-state index contributed by atoms with van der Waals surface area (Å²) in [6.45, 7) is 0.711. The van der Waals surface area contributed by atoms with Gasteiger partial charge >= 0.3 is 12.1 Å². The van der Waals surface area contributed by atoms with E-state index in [4.69, 9.17) is 4.74 Å². The minimum absolute atomic E-state index is 0.153. The number of carbonyl (C=O) groups is 1. The molecule has 0 aromatic heterocycles. The molecule has 0 saturated carbocycles. The lowest BCUT2D eigenvalue weighted by Gasteiger charge is -2.29. The molecule has 0 aliphatic heterocycles. The van der Waals surface area contributed by atoms with Crippen LogP contribution in [0.5, 0.6) is 0 Å². The molecule has 0 saturated heterocycles. The molecule has 6 heteroatoms. The molecule has 0 unspecified atom stereocenters. The number of carbonyl (C=O) groups excluding carboxylic acids is 1. The Morgan fingerprint density at radius 3 is 2.55 bits per heavy atom. The zero-order chi connectivity index (χ0) is 16.0. The number of ether oxygens (including phenoxy) is 1. The van der Waals surface area contributed by atoms with Crippen molar-refractivity contribution in [1.82, 2.24) is 5.32 Å². The molecular weight excluding hydrogens is 295 g/mol. The van der Waals surface area contributed by atoms with Crippen molar-refractivity contribution in [2.45, 2.75) is 31.7 Å². The summed E-state index contributed by atoms with van der Waals surface area (Å²) in [5.41, 5.74) is 1.00. The highest BCUT2D eigenvalue weighted by Crippen LogP contribution is 2.22. The number of hydrogen-bond acceptors (Lipinski definition) is 2. The first kappa shape index (κ1) is 16.5. The Balaban J connectivity index is 1.85. The van der Waals surface area contributed by atoms with E-state index in [2.05, 4.69) is 5.32 Å². The zero-order valence-electron chi connectivity index (χ0n) is 12.0. The van der Waals surface area contributed by atoms with Crippen molar-refractivity contribution in [2.75, 3.05) is 6.61 Å². The Morgan fingerprint density at radius 2 is 1.86 bits per heavy atom. The van der Waals surface area contributed by atoms with Gasteiger partial charge in [0.05, 0.1) is 13.2 Å². The predicted molar refractivity (Wildman–Crippen MR) is 75.9 cm³/mol. The molecule has 2 atom stereocenters. The highest BCUT2D eigenvalue weighted by molar-refractivity contribution is 5.82. The molecule has 0 bridgehead atoms. The molecule has 0 radical (unpaired) electrons. The molecule has 1 N–H and O–H groups in total. The molecule has 3 nitrogen and oxygen atoms in total.